The average molecular weight is 371 g/mol. The molecule has 0 aliphatic carbocycles. The van der Waals surface area contributed by atoms with Gasteiger partial charge in [0.05, 0.1) is 4.47 Å². The standard InChI is InChI=1S/C13H9Br2NO2/c14-9-3-1-8(2-4-9)13(18)16-10-5-6-11(15)12(17)7-10/h1-7,17H,(H,16,18). The number of halogens is 2. The largest absolute Gasteiger partial charge is 0.507 e. The van der Waals surface area contributed by atoms with Crippen molar-refractivity contribution in [1.29, 1.82) is 0 Å². The number of phenols is 1. The van der Waals surface area contributed by atoms with Gasteiger partial charge in [-0.3, -0.25) is 4.79 Å². The summed E-state index contributed by atoms with van der Waals surface area (Å²) in [5.41, 5.74) is 1.10. The molecule has 0 radical (unpaired) electrons. The lowest BCUT2D eigenvalue weighted by molar-refractivity contribution is 0.102. The van der Waals surface area contributed by atoms with Crippen molar-refractivity contribution >= 4 is 43.5 Å². The van der Waals surface area contributed by atoms with Crippen molar-refractivity contribution in [2.45, 2.75) is 0 Å². The van der Waals surface area contributed by atoms with Gasteiger partial charge in [-0.1, -0.05) is 15.9 Å². The first kappa shape index (κ1) is 13.1. The summed E-state index contributed by atoms with van der Waals surface area (Å²) in [6.07, 6.45) is 0. The maximum atomic E-state index is 11.9. The number of nitrogens with one attached hydrogen (secondary N) is 1. The SMILES string of the molecule is O=C(Nc1ccc(Br)c(O)c1)c1ccc(Br)cc1. The van der Waals surface area contributed by atoms with Crippen molar-refractivity contribution in [2.75, 3.05) is 5.32 Å². The molecule has 0 aliphatic heterocycles. The maximum Gasteiger partial charge on any atom is 0.255 e. The summed E-state index contributed by atoms with van der Waals surface area (Å²) >= 11 is 6.49. The van der Waals surface area contributed by atoms with Crippen LogP contribution in [0, 0.1) is 0 Å². The molecule has 0 aromatic heterocycles. The zero-order valence-corrected chi connectivity index (χ0v) is 12.3. The van der Waals surface area contributed by atoms with E-state index in [0.717, 1.165) is 4.47 Å². The van der Waals surface area contributed by atoms with E-state index in [4.69, 9.17) is 0 Å². The first-order chi connectivity index (χ1) is 8.56. The third kappa shape index (κ3) is 3.11. The molecule has 0 heterocycles. The van der Waals surface area contributed by atoms with Crippen molar-refractivity contribution in [2.24, 2.45) is 0 Å². The van der Waals surface area contributed by atoms with Crippen molar-refractivity contribution in [3.63, 3.8) is 0 Å². The minimum atomic E-state index is -0.218. The van der Waals surface area contributed by atoms with Crippen molar-refractivity contribution in [3.05, 3.63) is 57.0 Å². The van der Waals surface area contributed by atoms with Crippen LogP contribution in [-0.2, 0) is 0 Å². The van der Waals surface area contributed by atoms with Crippen LogP contribution in [0.4, 0.5) is 5.69 Å². The van der Waals surface area contributed by atoms with Gasteiger partial charge >= 0.3 is 0 Å². The van der Waals surface area contributed by atoms with E-state index in [1.165, 1.54) is 6.07 Å². The fraction of sp³-hybridized carbons (Fsp3) is 0. The summed E-state index contributed by atoms with van der Waals surface area (Å²) in [5.74, 6) is -0.132. The van der Waals surface area contributed by atoms with Crippen LogP contribution in [0.5, 0.6) is 5.75 Å². The molecule has 5 heteroatoms. The Hall–Kier alpha value is -1.33. The maximum absolute atomic E-state index is 11.9. The molecule has 0 unspecified atom stereocenters. The van der Waals surface area contributed by atoms with Crippen LogP contribution in [0.15, 0.2) is 51.4 Å². The highest BCUT2D eigenvalue weighted by Gasteiger charge is 2.07. The molecule has 2 aromatic rings. The fourth-order valence-electron chi connectivity index (χ4n) is 1.39. The summed E-state index contributed by atoms with van der Waals surface area (Å²) in [7, 11) is 0. The smallest absolute Gasteiger partial charge is 0.255 e. The highest BCUT2D eigenvalue weighted by atomic mass is 79.9. The predicted octanol–water partition coefficient (Wildman–Crippen LogP) is 4.17. The predicted molar refractivity (Wildman–Crippen MR) is 77.9 cm³/mol. The number of phenolic OH excluding ortho intramolecular Hbond substituents is 1. The number of rotatable bonds is 2. The molecule has 0 aliphatic rings. The Morgan fingerprint density at radius 1 is 1.06 bits per heavy atom. The molecule has 0 bridgehead atoms. The molecule has 2 N–H and O–H groups in total. The molecule has 1 amide bonds. The van der Waals surface area contributed by atoms with Gasteiger partial charge in [0.15, 0.2) is 0 Å². The molecular weight excluding hydrogens is 362 g/mol. The molecule has 0 saturated heterocycles. The van der Waals surface area contributed by atoms with Crippen molar-refractivity contribution in [1.82, 2.24) is 0 Å². The quantitative estimate of drug-likeness (QED) is 0.833. The van der Waals surface area contributed by atoms with Gasteiger partial charge in [-0.15, -0.1) is 0 Å². The molecule has 18 heavy (non-hydrogen) atoms. The average Bonchev–Trinajstić information content (AvgIpc) is 2.34. The van der Waals surface area contributed by atoms with E-state index in [0.29, 0.717) is 15.7 Å². The second-order valence-corrected chi connectivity index (χ2v) is 5.40. The van der Waals surface area contributed by atoms with Crippen LogP contribution >= 0.6 is 31.9 Å². The molecule has 2 rings (SSSR count). The van der Waals surface area contributed by atoms with E-state index in [1.807, 2.05) is 0 Å². The Morgan fingerprint density at radius 3 is 2.33 bits per heavy atom. The van der Waals surface area contributed by atoms with Gasteiger partial charge in [0.1, 0.15) is 5.75 Å². The summed E-state index contributed by atoms with van der Waals surface area (Å²) < 4.78 is 1.50. The molecular formula is C13H9Br2NO2. The van der Waals surface area contributed by atoms with Gasteiger partial charge in [0.25, 0.3) is 5.91 Å². The number of benzene rings is 2. The Morgan fingerprint density at radius 2 is 1.72 bits per heavy atom. The van der Waals surface area contributed by atoms with E-state index in [9.17, 15) is 9.90 Å². The van der Waals surface area contributed by atoms with E-state index < -0.39 is 0 Å². The number of hydrogen-bond acceptors (Lipinski definition) is 2. The number of aromatic hydroxyl groups is 1. The Bertz CT molecular complexity index is 582. The van der Waals surface area contributed by atoms with Crippen LogP contribution < -0.4 is 5.32 Å². The fourth-order valence-corrected chi connectivity index (χ4v) is 1.91. The van der Waals surface area contributed by atoms with E-state index in [-0.39, 0.29) is 11.7 Å². The highest BCUT2D eigenvalue weighted by Crippen LogP contribution is 2.26. The topological polar surface area (TPSA) is 49.3 Å². The molecule has 0 saturated carbocycles. The number of anilines is 1. The second kappa shape index (κ2) is 5.54. The minimum Gasteiger partial charge on any atom is -0.507 e. The number of carbonyl (C=O) groups excluding carboxylic acids is 1. The Balaban J connectivity index is 2.16. The van der Waals surface area contributed by atoms with E-state index in [1.54, 1.807) is 36.4 Å². The van der Waals surface area contributed by atoms with E-state index >= 15 is 0 Å². The summed E-state index contributed by atoms with van der Waals surface area (Å²) in [6, 6.07) is 11.9. The molecule has 0 fully saturated rings. The third-order valence-corrected chi connectivity index (χ3v) is 3.51. The van der Waals surface area contributed by atoms with Crippen LogP contribution in [-0.4, -0.2) is 11.0 Å². The van der Waals surface area contributed by atoms with Gasteiger partial charge in [-0.05, 0) is 52.3 Å². The van der Waals surface area contributed by atoms with Crippen LogP contribution in [0.3, 0.4) is 0 Å². The van der Waals surface area contributed by atoms with Gasteiger partial charge in [-0.2, -0.15) is 0 Å². The lowest BCUT2D eigenvalue weighted by Crippen LogP contribution is -2.11. The first-order valence-electron chi connectivity index (χ1n) is 5.12. The molecule has 92 valence electrons. The van der Waals surface area contributed by atoms with Crippen LogP contribution in [0.2, 0.25) is 0 Å². The van der Waals surface area contributed by atoms with Gasteiger partial charge in [-0.25, -0.2) is 0 Å². The van der Waals surface area contributed by atoms with Gasteiger partial charge < -0.3 is 10.4 Å². The van der Waals surface area contributed by atoms with Crippen LogP contribution in [0.1, 0.15) is 10.4 Å². The Labute approximate surface area is 121 Å². The minimum absolute atomic E-state index is 0.0867. The monoisotopic (exact) mass is 369 g/mol. The van der Waals surface area contributed by atoms with Crippen LogP contribution in [0.25, 0.3) is 0 Å². The number of carbonyl (C=O) groups is 1. The van der Waals surface area contributed by atoms with Gasteiger partial charge in [0.2, 0.25) is 0 Å². The van der Waals surface area contributed by atoms with Gasteiger partial charge in [0, 0.05) is 21.8 Å². The Kier molecular flexibility index (Phi) is 4.04. The number of amides is 1. The summed E-state index contributed by atoms with van der Waals surface area (Å²) in [5, 5.41) is 12.2. The zero-order valence-electron chi connectivity index (χ0n) is 9.15. The summed E-state index contributed by atoms with van der Waals surface area (Å²) in [4.78, 5) is 11.9. The molecule has 3 nitrogen and oxygen atoms in total. The lowest BCUT2D eigenvalue weighted by Gasteiger charge is -2.06. The zero-order chi connectivity index (χ0) is 13.1. The third-order valence-electron chi connectivity index (χ3n) is 2.31. The number of hydrogen-bond donors (Lipinski definition) is 2. The van der Waals surface area contributed by atoms with Crippen molar-refractivity contribution in [3.8, 4) is 5.75 Å². The normalized spacial score (nSPS) is 10.1. The van der Waals surface area contributed by atoms with E-state index in [2.05, 4.69) is 37.2 Å². The lowest BCUT2D eigenvalue weighted by atomic mass is 10.2. The second-order valence-electron chi connectivity index (χ2n) is 3.63. The molecule has 2 aromatic carbocycles. The molecule has 0 atom stereocenters. The molecule has 0 spiro atoms. The van der Waals surface area contributed by atoms with Crippen molar-refractivity contribution < 1.29 is 9.90 Å². The highest BCUT2D eigenvalue weighted by molar-refractivity contribution is 9.10. The summed E-state index contributed by atoms with van der Waals surface area (Å²) in [6.45, 7) is 0. The first-order valence-corrected chi connectivity index (χ1v) is 6.70.